The van der Waals surface area contributed by atoms with Crippen LogP contribution in [0, 0.1) is 6.92 Å². The molecule has 2 heterocycles. The van der Waals surface area contributed by atoms with Crippen molar-refractivity contribution in [3.8, 4) is 0 Å². The SMILES string of the molecule is Cc1cnc(C(=O)Nc2ccc(CC[C@@H]3COC(N)=N3)cc2)cn1. The third kappa shape index (κ3) is 4.07. The van der Waals surface area contributed by atoms with Gasteiger partial charge in [0.05, 0.1) is 17.9 Å². The lowest BCUT2D eigenvalue weighted by Gasteiger charge is -2.07. The van der Waals surface area contributed by atoms with Crippen molar-refractivity contribution < 1.29 is 9.53 Å². The molecule has 3 N–H and O–H groups in total. The Labute approximate surface area is 140 Å². The molecule has 7 heteroatoms. The van der Waals surface area contributed by atoms with E-state index in [4.69, 9.17) is 10.5 Å². The fraction of sp³-hybridized carbons (Fsp3) is 0.294. The number of rotatable bonds is 5. The molecular weight excluding hydrogens is 306 g/mol. The maximum atomic E-state index is 12.1. The van der Waals surface area contributed by atoms with Gasteiger partial charge < -0.3 is 15.8 Å². The summed E-state index contributed by atoms with van der Waals surface area (Å²) in [7, 11) is 0. The molecular formula is C17H19N5O2. The van der Waals surface area contributed by atoms with Crippen LogP contribution in [0.25, 0.3) is 0 Å². The summed E-state index contributed by atoms with van der Waals surface area (Å²) in [4.78, 5) is 24.4. The van der Waals surface area contributed by atoms with E-state index in [-0.39, 0.29) is 18.0 Å². The van der Waals surface area contributed by atoms with E-state index in [1.54, 1.807) is 6.20 Å². The van der Waals surface area contributed by atoms with Crippen LogP contribution in [0.4, 0.5) is 5.69 Å². The predicted octanol–water partition coefficient (Wildman–Crippen LogP) is 1.68. The maximum absolute atomic E-state index is 12.1. The second-order valence-corrected chi connectivity index (χ2v) is 5.66. The highest BCUT2D eigenvalue weighted by Gasteiger charge is 2.16. The van der Waals surface area contributed by atoms with Crippen molar-refractivity contribution in [3.63, 3.8) is 0 Å². The van der Waals surface area contributed by atoms with Gasteiger partial charge in [0.2, 0.25) is 0 Å². The molecule has 0 aliphatic carbocycles. The van der Waals surface area contributed by atoms with Crippen LogP contribution in [-0.2, 0) is 11.2 Å². The molecule has 24 heavy (non-hydrogen) atoms. The molecule has 0 spiro atoms. The number of nitrogens with two attached hydrogens (primary N) is 1. The molecule has 1 aliphatic heterocycles. The van der Waals surface area contributed by atoms with Crippen LogP contribution < -0.4 is 11.1 Å². The molecule has 0 unspecified atom stereocenters. The monoisotopic (exact) mass is 325 g/mol. The second kappa shape index (κ2) is 7.08. The molecule has 2 aromatic rings. The molecule has 0 saturated carbocycles. The number of hydrogen-bond donors (Lipinski definition) is 2. The smallest absolute Gasteiger partial charge is 0.282 e. The first-order valence-corrected chi connectivity index (χ1v) is 7.75. The lowest BCUT2D eigenvalue weighted by atomic mass is 10.1. The number of aliphatic imine (C=N–C) groups is 1. The zero-order valence-corrected chi connectivity index (χ0v) is 13.4. The average molecular weight is 325 g/mol. The molecule has 1 atom stereocenters. The van der Waals surface area contributed by atoms with E-state index >= 15 is 0 Å². The molecule has 1 aromatic carbocycles. The summed E-state index contributed by atoms with van der Waals surface area (Å²) in [6.07, 6.45) is 4.79. The Kier molecular flexibility index (Phi) is 4.69. The Bertz CT molecular complexity index is 741. The number of aryl methyl sites for hydroxylation is 2. The number of nitrogens with one attached hydrogen (secondary N) is 1. The van der Waals surface area contributed by atoms with E-state index < -0.39 is 0 Å². The summed E-state index contributed by atoms with van der Waals surface area (Å²) in [5.74, 6) is -0.275. The number of carbonyl (C=O) groups excluding carboxylic acids is 1. The zero-order chi connectivity index (χ0) is 16.9. The fourth-order valence-corrected chi connectivity index (χ4v) is 2.38. The van der Waals surface area contributed by atoms with Crippen LogP contribution in [-0.4, -0.2) is 34.5 Å². The van der Waals surface area contributed by atoms with Crippen molar-refractivity contribution in [2.75, 3.05) is 11.9 Å². The van der Waals surface area contributed by atoms with Gasteiger partial charge in [-0.15, -0.1) is 0 Å². The number of benzene rings is 1. The van der Waals surface area contributed by atoms with Crippen molar-refractivity contribution in [3.05, 3.63) is 53.6 Å². The Hall–Kier alpha value is -2.96. The third-order valence-electron chi connectivity index (χ3n) is 3.73. The van der Waals surface area contributed by atoms with Crippen LogP contribution in [0.1, 0.15) is 28.2 Å². The van der Waals surface area contributed by atoms with Gasteiger partial charge in [0, 0.05) is 11.9 Å². The van der Waals surface area contributed by atoms with Crippen molar-refractivity contribution >= 4 is 17.6 Å². The average Bonchev–Trinajstić information content (AvgIpc) is 3.00. The molecule has 0 saturated heterocycles. The number of aromatic nitrogens is 2. The molecule has 1 aliphatic rings. The van der Waals surface area contributed by atoms with E-state index in [9.17, 15) is 4.79 Å². The molecule has 0 fully saturated rings. The number of anilines is 1. The van der Waals surface area contributed by atoms with E-state index in [0.29, 0.717) is 12.3 Å². The van der Waals surface area contributed by atoms with Gasteiger partial charge in [-0.3, -0.25) is 9.78 Å². The number of amidine groups is 1. The van der Waals surface area contributed by atoms with Gasteiger partial charge in [-0.2, -0.15) is 0 Å². The molecule has 0 bridgehead atoms. The highest BCUT2D eigenvalue weighted by molar-refractivity contribution is 6.02. The van der Waals surface area contributed by atoms with Crippen molar-refractivity contribution in [1.82, 2.24) is 9.97 Å². The maximum Gasteiger partial charge on any atom is 0.282 e. The minimum Gasteiger partial charge on any atom is -0.463 e. The van der Waals surface area contributed by atoms with Crippen molar-refractivity contribution in [1.29, 1.82) is 0 Å². The second-order valence-electron chi connectivity index (χ2n) is 5.66. The van der Waals surface area contributed by atoms with Crippen LogP contribution in [0.3, 0.4) is 0 Å². The van der Waals surface area contributed by atoms with Crippen LogP contribution in [0.15, 0.2) is 41.7 Å². The standard InChI is InChI=1S/C17H19N5O2/c1-11-8-20-15(9-19-11)16(23)21-13-5-2-12(3-6-13)4-7-14-10-24-17(18)22-14/h2-3,5-6,8-9,14H,4,7,10H2,1H3,(H2,18,22)(H,21,23)/t14-/m1/s1. The highest BCUT2D eigenvalue weighted by Crippen LogP contribution is 2.15. The van der Waals surface area contributed by atoms with Gasteiger partial charge in [-0.25, -0.2) is 9.98 Å². The number of amides is 1. The van der Waals surface area contributed by atoms with Crippen molar-refractivity contribution in [2.24, 2.45) is 10.7 Å². The first kappa shape index (κ1) is 15.9. The first-order chi connectivity index (χ1) is 11.6. The summed E-state index contributed by atoms with van der Waals surface area (Å²) in [5.41, 5.74) is 8.45. The normalized spacial score (nSPS) is 16.4. The minimum absolute atomic E-state index is 0.129. The van der Waals surface area contributed by atoms with E-state index in [1.807, 2.05) is 31.2 Å². The Morgan fingerprint density at radius 3 is 2.71 bits per heavy atom. The summed E-state index contributed by atoms with van der Waals surface area (Å²) in [6.45, 7) is 2.38. The minimum atomic E-state index is -0.275. The summed E-state index contributed by atoms with van der Waals surface area (Å²) >= 11 is 0. The molecule has 124 valence electrons. The summed E-state index contributed by atoms with van der Waals surface area (Å²) in [6, 6.07) is 8.12. The van der Waals surface area contributed by atoms with E-state index in [2.05, 4.69) is 20.3 Å². The summed E-state index contributed by atoms with van der Waals surface area (Å²) in [5, 5.41) is 2.81. The number of ether oxygens (including phenoxy) is 1. The van der Waals surface area contributed by atoms with Gasteiger partial charge in [0.1, 0.15) is 12.3 Å². The van der Waals surface area contributed by atoms with Gasteiger partial charge >= 0.3 is 0 Å². The summed E-state index contributed by atoms with van der Waals surface area (Å²) < 4.78 is 5.14. The van der Waals surface area contributed by atoms with Crippen molar-refractivity contribution in [2.45, 2.75) is 25.8 Å². The largest absolute Gasteiger partial charge is 0.463 e. The van der Waals surface area contributed by atoms with Crippen LogP contribution >= 0.6 is 0 Å². The zero-order valence-electron chi connectivity index (χ0n) is 13.4. The van der Waals surface area contributed by atoms with Gasteiger partial charge in [-0.1, -0.05) is 12.1 Å². The molecule has 7 nitrogen and oxygen atoms in total. The number of hydrogen-bond acceptors (Lipinski definition) is 6. The first-order valence-electron chi connectivity index (χ1n) is 7.75. The van der Waals surface area contributed by atoms with E-state index in [0.717, 1.165) is 24.2 Å². The Morgan fingerprint density at radius 1 is 1.29 bits per heavy atom. The highest BCUT2D eigenvalue weighted by atomic mass is 16.5. The molecule has 3 rings (SSSR count). The number of carbonyl (C=O) groups is 1. The third-order valence-corrected chi connectivity index (χ3v) is 3.73. The Morgan fingerprint density at radius 2 is 2.08 bits per heavy atom. The lowest BCUT2D eigenvalue weighted by molar-refractivity contribution is 0.102. The molecule has 1 amide bonds. The van der Waals surface area contributed by atoms with E-state index in [1.165, 1.54) is 11.8 Å². The topological polar surface area (TPSA) is 102 Å². The quantitative estimate of drug-likeness (QED) is 0.871. The van der Waals surface area contributed by atoms with Gasteiger partial charge in [0.15, 0.2) is 0 Å². The number of nitrogens with zero attached hydrogens (tertiary/aromatic N) is 3. The van der Waals surface area contributed by atoms with Crippen LogP contribution in [0.2, 0.25) is 0 Å². The fourth-order valence-electron chi connectivity index (χ4n) is 2.38. The van der Waals surface area contributed by atoms with Gasteiger partial charge in [-0.05, 0) is 37.5 Å². The predicted molar refractivity (Wildman–Crippen MR) is 90.8 cm³/mol. The lowest BCUT2D eigenvalue weighted by Crippen LogP contribution is -2.14. The molecule has 1 aromatic heterocycles. The molecule has 0 radical (unpaired) electrons. The van der Waals surface area contributed by atoms with Gasteiger partial charge in [0.25, 0.3) is 11.9 Å². The Balaban J connectivity index is 1.54. The van der Waals surface area contributed by atoms with Crippen LogP contribution in [0.5, 0.6) is 0 Å².